The highest BCUT2D eigenvalue weighted by Gasteiger charge is 2.19. The van der Waals surface area contributed by atoms with Gasteiger partial charge in [-0.15, -0.1) is 0 Å². The molecule has 5 nitrogen and oxygen atoms in total. The van der Waals surface area contributed by atoms with Gasteiger partial charge in [-0.1, -0.05) is 13.8 Å². The number of aliphatic hydroxyl groups is 1. The molecule has 6 heteroatoms. The Hall–Kier alpha value is -0.900. The number of hydrogen-bond donors (Lipinski definition) is 2. The smallest absolute Gasteiger partial charge is 0.373 e. The van der Waals surface area contributed by atoms with E-state index in [1.807, 2.05) is 13.8 Å². The molecule has 1 unspecified atom stereocenters. The summed E-state index contributed by atoms with van der Waals surface area (Å²) < 4.78 is 16.4. The van der Waals surface area contributed by atoms with Crippen molar-refractivity contribution in [1.82, 2.24) is 4.98 Å². The zero-order valence-corrected chi connectivity index (χ0v) is 11.2. The Morgan fingerprint density at radius 2 is 2.06 bits per heavy atom. The number of aliphatic hydroxyl groups excluding tert-OH is 1. The molecule has 0 aromatic carbocycles. The molecule has 0 saturated heterocycles. The summed E-state index contributed by atoms with van der Waals surface area (Å²) in [7, 11) is -3.59. The second-order valence-corrected chi connectivity index (χ2v) is 5.60. The van der Waals surface area contributed by atoms with Gasteiger partial charge >= 0.3 is 7.60 Å². The second-order valence-electron chi connectivity index (χ2n) is 3.81. The highest BCUT2D eigenvalue weighted by Crippen LogP contribution is 2.41. The summed E-state index contributed by atoms with van der Waals surface area (Å²) in [5.74, 6) is 0.375. The third-order valence-electron chi connectivity index (χ3n) is 2.31. The van der Waals surface area contributed by atoms with E-state index in [2.05, 4.69) is 4.98 Å². The van der Waals surface area contributed by atoms with Crippen LogP contribution in [-0.4, -0.2) is 21.6 Å². The lowest BCUT2D eigenvalue weighted by atomic mass is 10.1. The van der Waals surface area contributed by atoms with Gasteiger partial charge in [-0.3, -0.25) is 4.98 Å². The largest absolute Gasteiger partial charge is 0.422 e. The predicted octanol–water partition coefficient (Wildman–Crippen LogP) is 1.89. The quantitative estimate of drug-likeness (QED) is 0.789. The average Bonchev–Trinajstić information content (AvgIpc) is 2.27. The first kappa shape index (κ1) is 14.2. The van der Waals surface area contributed by atoms with E-state index in [1.54, 1.807) is 6.07 Å². The minimum Gasteiger partial charge on any atom is -0.422 e. The fourth-order valence-corrected chi connectivity index (χ4v) is 2.13. The van der Waals surface area contributed by atoms with E-state index in [0.717, 1.165) is 12.2 Å². The third kappa shape index (κ3) is 3.80. The fourth-order valence-electron chi connectivity index (χ4n) is 1.57. The Kier molecular flexibility index (Phi) is 4.69. The Bertz CT molecular complexity index is 416. The molecule has 1 rings (SSSR count). The lowest BCUT2D eigenvalue weighted by Crippen LogP contribution is -2.04. The SMILES string of the molecule is CCc1cc(CO)nc(CC)c1OP(C)(=O)O. The summed E-state index contributed by atoms with van der Waals surface area (Å²) >= 11 is 0. The fraction of sp³-hybridized carbons (Fsp3) is 0.545. The Labute approximate surface area is 101 Å². The molecular weight excluding hydrogens is 241 g/mol. The van der Waals surface area contributed by atoms with E-state index in [9.17, 15) is 9.46 Å². The summed E-state index contributed by atoms with van der Waals surface area (Å²) in [5.41, 5.74) is 1.94. The molecule has 0 radical (unpaired) electrons. The van der Waals surface area contributed by atoms with Crippen molar-refractivity contribution in [3.8, 4) is 5.75 Å². The summed E-state index contributed by atoms with van der Waals surface area (Å²) in [6.45, 7) is 4.80. The van der Waals surface area contributed by atoms with Crippen LogP contribution in [0.25, 0.3) is 0 Å². The molecule has 2 N–H and O–H groups in total. The maximum absolute atomic E-state index is 11.3. The van der Waals surface area contributed by atoms with Gasteiger partial charge in [-0.25, -0.2) is 4.57 Å². The number of rotatable bonds is 5. The lowest BCUT2D eigenvalue weighted by molar-refractivity contribution is 0.276. The van der Waals surface area contributed by atoms with Gasteiger partial charge in [0.2, 0.25) is 0 Å². The van der Waals surface area contributed by atoms with Crippen LogP contribution in [0.15, 0.2) is 6.07 Å². The van der Waals surface area contributed by atoms with E-state index in [0.29, 0.717) is 30.0 Å². The first-order valence-electron chi connectivity index (χ1n) is 5.53. The molecule has 0 amide bonds. The molecule has 0 saturated carbocycles. The first-order chi connectivity index (χ1) is 7.91. The van der Waals surface area contributed by atoms with Crippen molar-refractivity contribution in [2.75, 3.05) is 6.66 Å². The van der Waals surface area contributed by atoms with Crippen molar-refractivity contribution in [3.05, 3.63) is 23.0 Å². The second kappa shape index (κ2) is 5.63. The van der Waals surface area contributed by atoms with Crippen LogP contribution in [0.3, 0.4) is 0 Å². The van der Waals surface area contributed by atoms with Crippen LogP contribution in [0.5, 0.6) is 5.75 Å². The maximum Gasteiger partial charge on any atom is 0.373 e. The molecule has 0 aliphatic rings. The van der Waals surface area contributed by atoms with Gasteiger partial charge in [0.25, 0.3) is 0 Å². The number of pyridine rings is 1. The van der Waals surface area contributed by atoms with Crippen LogP contribution >= 0.6 is 7.60 Å². The lowest BCUT2D eigenvalue weighted by Gasteiger charge is -2.16. The zero-order chi connectivity index (χ0) is 13.1. The molecule has 0 aliphatic heterocycles. The van der Waals surface area contributed by atoms with Gasteiger partial charge in [-0.2, -0.15) is 0 Å². The van der Waals surface area contributed by atoms with Crippen molar-refractivity contribution < 1.29 is 19.1 Å². The summed E-state index contributed by atoms with van der Waals surface area (Å²) in [5, 5.41) is 9.09. The highest BCUT2D eigenvalue weighted by molar-refractivity contribution is 7.52. The van der Waals surface area contributed by atoms with Crippen molar-refractivity contribution in [2.24, 2.45) is 0 Å². The Morgan fingerprint density at radius 1 is 1.41 bits per heavy atom. The minimum absolute atomic E-state index is 0.150. The van der Waals surface area contributed by atoms with Crippen LogP contribution < -0.4 is 4.52 Å². The molecule has 0 bridgehead atoms. The van der Waals surface area contributed by atoms with Crippen LogP contribution in [0.1, 0.15) is 30.8 Å². The van der Waals surface area contributed by atoms with E-state index < -0.39 is 7.60 Å². The van der Waals surface area contributed by atoms with E-state index >= 15 is 0 Å². The number of aromatic nitrogens is 1. The Morgan fingerprint density at radius 3 is 2.47 bits per heavy atom. The van der Waals surface area contributed by atoms with E-state index in [-0.39, 0.29) is 6.61 Å². The molecular formula is C11H18NO4P. The molecule has 1 aromatic rings. The van der Waals surface area contributed by atoms with Gasteiger partial charge < -0.3 is 14.5 Å². The van der Waals surface area contributed by atoms with E-state index in [4.69, 9.17) is 9.63 Å². The molecule has 0 spiro atoms. The molecule has 1 aromatic heterocycles. The van der Waals surface area contributed by atoms with E-state index in [1.165, 1.54) is 0 Å². The summed E-state index contributed by atoms with van der Waals surface area (Å²) in [6, 6.07) is 1.70. The summed E-state index contributed by atoms with van der Waals surface area (Å²) in [6.07, 6.45) is 1.23. The zero-order valence-electron chi connectivity index (χ0n) is 10.3. The van der Waals surface area contributed by atoms with Crippen LogP contribution in [-0.2, 0) is 24.0 Å². The van der Waals surface area contributed by atoms with Gasteiger partial charge in [0.1, 0.15) is 0 Å². The maximum atomic E-state index is 11.3. The van der Waals surface area contributed by atoms with Gasteiger partial charge in [0.15, 0.2) is 5.75 Å². The monoisotopic (exact) mass is 259 g/mol. The molecule has 96 valence electrons. The Balaban J connectivity index is 3.29. The van der Waals surface area contributed by atoms with Crippen molar-refractivity contribution in [2.45, 2.75) is 33.3 Å². The molecule has 17 heavy (non-hydrogen) atoms. The minimum atomic E-state index is -3.59. The first-order valence-corrected chi connectivity index (χ1v) is 7.56. The normalized spacial score (nSPS) is 14.4. The van der Waals surface area contributed by atoms with Crippen molar-refractivity contribution in [3.63, 3.8) is 0 Å². The topological polar surface area (TPSA) is 79.7 Å². The number of hydrogen-bond acceptors (Lipinski definition) is 4. The van der Waals surface area contributed by atoms with Crippen LogP contribution in [0, 0.1) is 0 Å². The molecule has 0 aliphatic carbocycles. The van der Waals surface area contributed by atoms with Crippen molar-refractivity contribution in [1.29, 1.82) is 0 Å². The third-order valence-corrected chi connectivity index (χ3v) is 2.83. The predicted molar refractivity (Wildman–Crippen MR) is 65.3 cm³/mol. The average molecular weight is 259 g/mol. The van der Waals surface area contributed by atoms with Crippen molar-refractivity contribution >= 4 is 7.60 Å². The van der Waals surface area contributed by atoms with Crippen LogP contribution in [0.2, 0.25) is 0 Å². The van der Waals surface area contributed by atoms with Crippen LogP contribution in [0.4, 0.5) is 0 Å². The number of aryl methyl sites for hydroxylation is 2. The van der Waals surface area contributed by atoms with Gasteiger partial charge in [0, 0.05) is 6.66 Å². The molecule has 1 atom stereocenters. The summed E-state index contributed by atoms with van der Waals surface area (Å²) in [4.78, 5) is 13.5. The van der Waals surface area contributed by atoms with Gasteiger partial charge in [-0.05, 0) is 24.5 Å². The van der Waals surface area contributed by atoms with Gasteiger partial charge in [0.05, 0.1) is 18.0 Å². The highest BCUT2D eigenvalue weighted by atomic mass is 31.2. The number of nitrogens with zero attached hydrogens (tertiary/aromatic N) is 1. The molecule has 0 fully saturated rings. The standard InChI is InChI=1S/C11H18NO4P/c1-4-8-6-9(7-13)12-10(5-2)11(8)16-17(3,14)15/h6,13H,4-5,7H2,1-3H3,(H,14,15). The molecule has 1 heterocycles.